The highest BCUT2D eigenvalue weighted by Gasteiger charge is 2.36. The zero-order chi connectivity index (χ0) is 70.3. The van der Waals surface area contributed by atoms with Gasteiger partial charge in [0.25, 0.3) is 0 Å². The first-order valence-corrected chi connectivity index (χ1v) is 31.6. The molecule has 0 saturated carbocycles. The SMILES string of the molecule is CC[C@H](C)[C@H](NC(=O)[C@H](CCCN=C(N)N)NC(=O)[C@H](Cc1c[nH]c2ccccc12)NC(=O)CNC(=O)[C@H](CCCN=C(N)N)NC(=O)[C@H](Cc1c[nH]c2ccccc12)NC(=O)[C@@H](N)Cc1ccccc1)C(=O)N[C@@H](CCCN=C(N)N)C(=O)N[C@@H](CCCN=C(N)N)C(=O)O. The average molecular weight is 1330 g/mol. The number of hydrogen-bond acceptors (Lipinski definition) is 14. The fourth-order valence-corrected chi connectivity index (χ4v) is 10.3. The number of nitrogens with one attached hydrogen (secondary N) is 10. The zero-order valence-corrected chi connectivity index (χ0v) is 54.0. The number of rotatable bonds is 41. The second kappa shape index (κ2) is 38.9. The molecule has 0 aliphatic carbocycles. The number of aromatic amines is 2. The number of carboxylic acid groups (broad SMARTS) is 1. The predicted octanol–water partition coefficient (Wildman–Crippen LogP) is -3.14. The van der Waals surface area contributed by atoms with Crippen LogP contribution in [0.15, 0.2) is 111 Å². The summed E-state index contributed by atoms with van der Waals surface area (Å²) in [4.78, 5) is 149. The van der Waals surface area contributed by atoms with Gasteiger partial charge in [-0.3, -0.25) is 58.3 Å². The van der Waals surface area contributed by atoms with Crippen LogP contribution in [-0.2, 0) is 62.4 Å². The third kappa shape index (κ3) is 25.5. The maximum Gasteiger partial charge on any atom is 0.326 e. The Morgan fingerprint density at radius 2 is 0.823 bits per heavy atom. The summed E-state index contributed by atoms with van der Waals surface area (Å²) in [6.45, 7) is 2.87. The van der Waals surface area contributed by atoms with Crippen LogP contribution >= 0.6 is 0 Å². The summed E-state index contributed by atoms with van der Waals surface area (Å²) in [5, 5.41) is 32.9. The van der Waals surface area contributed by atoms with Crippen LogP contribution in [0.1, 0.15) is 88.3 Å². The molecule has 520 valence electrons. The van der Waals surface area contributed by atoms with Gasteiger partial charge in [-0.2, -0.15) is 0 Å². The van der Waals surface area contributed by atoms with Crippen molar-refractivity contribution in [3.05, 3.63) is 108 Å². The molecule has 9 atom stereocenters. The van der Waals surface area contributed by atoms with Crippen molar-refractivity contribution in [2.24, 2.45) is 77.5 Å². The summed E-state index contributed by atoms with van der Waals surface area (Å²) in [7, 11) is 0. The van der Waals surface area contributed by atoms with Crippen molar-refractivity contribution in [2.45, 2.75) is 139 Å². The number of carbonyl (C=O) groups excluding carboxylic acids is 8. The number of para-hydroxylation sites is 2. The van der Waals surface area contributed by atoms with Crippen LogP contribution in [-0.4, -0.2) is 173 Å². The molecule has 33 nitrogen and oxygen atoms in total. The Balaban J connectivity index is 1.40. The van der Waals surface area contributed by atoms with Crippen molar-refractivity contribution in [1.82, 2.24) is 52.5 Å². The maximum absolute atomic E-state index is 14.9. The van der Waals surface area contributed by atoms with E-state index in [1.807, 2.05) is 60.7 Å². The maximum atomic E-state index is 14.9. The number of carbonyl (C=O) groups is 9. The van der Waals surface area contributed by atoms with Crippen molar-refractivity contribution in [3.8, 4) is 0 Å². The van der Waals surface area contributed by atoms with E-state index in [9.17, 15) is 48.3 Å². The average Bonchev–Trinajstić information content (AvgIpc) is 1.67. The molecule has 2 aromatic heterocycles. The number of aliphatic imine (C=N–C) groups is 4. The van der Waals surface area contributed by atoms with Crippen molar-refractivity contribution >= 4 is 98.9 Å². The molecule has 29 N–H and O–H groups in total. The Labute approximate surface area is 555 Å². The van der Waals surface area contributed by atoms with E-state index >= 15 is 0 Å². The first-order valence-electron chi connectivity index (χ1n) is 31.6. The van der Waals surface area contributed by atoms with Gasteiger partial charge in [-0.25, -0.2) is 4.79 Å². The van der Waals surface area contributed by atoms with E-state index in [4.69, 9.17) is 51.6 Å². The van der Waals surface area contributed by atoms with E-state index < -0.39 is 114 Å². The van der Waals surface area contributed by atoms with E-state index in [1.165, 1.54) is 0 Å². The number of amides is 8. The van der Waals surface area contributed by atoms with Crippen LogP contribution in [0, 0.1) is 5.92 Å². The highest BCUT2D eigenvalue weighted by atomic mass is 16.4. The van der Waals surface area contributed by atoms with Gasteiger partial charge in [-0.1, -0.05) is 87.0 Å². The topological polar surface area (TPSA) is 585 Å². The minimum absolute atomic E-state index is 0.00672. The predicted molar refractivity (Wildman–Crippen MR) is 365 cm³/mol. The van der Waals surface area contributed by atoms with Crippen LogP contribution < -0.4 is 94.1 Å². The summed E-state index contributed by atoms with van der Waals surface area (Å²) < 4.78 is 0. The number of aromatic nitrogens is 2. The molecule has 3 aromatic carbocycles. The fraction of sp³-hybridized carbons (Fsp3) is 0.444. The van der Waals surface area contributed by atoms with Gasteiger partial charge in [0.05, 0.1) is 12.6 Å². The van der Waals surface area contributed by atoms with Crippen molar-refractivity contribution < 1.29 is 48.3 Å². The lowest BCUT2D eigenvalue weighted by atomic mass is 9.96. The molecule has 0 bridgehead atoms. The Kier molecular flexibility index (Phi) is 30.7. The quantitative estimate of drug-likeness (QED) is 0.0104. The normalized spacial score (nSPS) is 13.8. The summed E-state index contributed by atoms with van der Waals surface area (Å²) in [5.41, 5.74) is 54.2. The highest BCUT2D eigenvalue weighted by Crippen LogP contribution is 2.22. The Bertz CT molecular complexity index is 3540. The monoisotopic (exact) mass is 1330 g/mol. The van der Waals surface area contributed by atoms with E-state index in [0.29, 0.717) is 28.5 Å². The third-order valence-electron chi connectivity index (χ3n) is 15.6. The van der Waals surface area contributed by atoms with Gasteiger partial charge >= 0.3 is 5.97 Å². The van der Waals surface area contributed by atoms with Gasteiger partial charge in [0, 0.05) is 73.2 Å². The number of guanidine groups is 4. The first-order chi connectivity index (χ1) is 45.8. The molecule has 5 rings (SSSR count). The number of benzene rings is 3. The number of nitrogens with two attached hydrogens (primary N) is 9. The van der Waals surface area contributed by atoms with Crippen LogP contribution in [0.25, 0.3) is 21.8 Å². The van der Waals surface area contributed by atoms with Crippen LogP contribution in [0.5, 0.6) is 0 Å². The molecule has 96 heavy (non-hydrogen) atoms. The van der Waals surface area contributed by atoms with Crippen molar-refractivity contribution in [2.75, 3.05) is 32.7 Å². The summed E-state index contributed by atoms with van der Waals surface area (Å²) in [6.07, 6.45) is 3.93. The number of fused-ring (bicyclic) bond motifs is 2. The summed E-state index contributed by atoms with van der Waals surface area (Å²) in [5.74, 6) is -9.34. The third-order valence-corrected chi connectivity index (χ3v) is 15.6. The minimum Gasteiger partial charge on any atom is -0.480 e. The highest BCUT2D eigenvalue weighted by molar-refractivity contribution is 5.98. The van der Waals surface area contributed by atoms with E-state index in [-0.39, 0.29) is 121 Å². The number of carboxylic acids is 1. The molecular weight excluding hydrogens is 1240 g/mol. The lowest BCUT2D eigenvalue weighted by Crippen LogP contribution is -2.60. The lowest BCUT2D eigenvalue weighted by Gasteiger charge is -2.29. The summed E-state index contributed by atoms with van der Waals surface area (Å²) in [6, 6.07) is 13.0. The molecule has 0 radical (unpaired) electrons. The van der Waals surface area contributed by atoms with Gasteiger partial charge in [-0.05, 0) is 92.5 Å². The molecule has 2 heterocycles. The van der Waals surface area contributed by atoms with Crippen molar-refractivity contribution in [1.29, 1.82) is 0 Å². The fourth-order valence-electron chi connectivity index (χ4n) is 10.3. The van der Waals surface area contributed by atoms with Crippen LogP contribution in [0.4, 0.5) is 0 Å². The molecule has 8 amide bonds. The first kappa shape index (κ1) is 75.7. The molecule has 5 aromatic rings. The van der Waals surface area contributed by atoms with E-state index in [2.05, 4.69) is 72.5 Å². The second-order valence-corrected chi connectivity index (χ2v) is 23.1. The van der Waals surface area contributed by atoms with Gasteiger partial charge in [-0.15, -0.1) is 0 Å². The molecule has 0 unspecified atom stereocenters. The molecule has 0 fully saturated rings. The molecule has 0 saturated heterocycles. The van der Waals surface area contributed by atoms with Gasteiger partial charge in [0.2, 0.25) is 47.3 Å². The lowest BCUT2D eigenvalue weighted by molar-refractivity contribution is -0.142. The van der Waals surface area contributed by atoms with E-state index in [0.717, 1.165) is 16.5 Å². The molecule has 0 aliphatic rings. The number of H-pyrrole nitrogens is 2. The van der Waals surface area contributed by atoms with E-state index in [1.54, 1.807) is 44.4 Å². The Morgan fingerprint density at radius 3 is 1.27 bits per heavy atom. The number of nitrogens with zero attached hydrogens (tertiary/aromatic N) is 4. The molecule has 0 spiro atoms. The molecular formula is C63H93N23O10. The summed E-state index contributed by atoms with van der Waals surface area (Å²) >= 11 is 0. The van der Waals surface area contributed by atoms with Crippen molar-refractivity contribution in [3.63, 3.8) is 0 Å². The van der Waals surface area contributed by atoms with Crippen LogP contribution in [0.2, 0.25) is 0 Å². The number of hydrogen-bond donors (Lipinski definition) is 20. The van der Waals surface area contributed by atoms with Crippen LogP contribution in [0.3, 0.4) is 0 Å². The molecule has 0 aliphatic heterocycles. The van der Waals surface area contributed by atoms with Gasteiger partial charge < -0.3 is 109 Å². The molecule has 33 heteroatoms. The zero-order valence-electron chi connectivity index (χ0n) is 54.0. The smallest absolute Gasteiger partial charge is 0.326 e. The Morgan fingerprint density at radius 1 is 0.448 bits per heavy atom. The van der Waals surface area contributed by atoms with Gasteiger partial charge in [0.1, 0.15) is 42.3 Å². The Hall–Kier alpha value is -11.0. The second-order valence-electron chi connectivity index (χ2n) is 23.1. The minimum atomic E-state index is -1.45. The standard InChI is InChI=1S/C63H93N23O10/c1-3-35(2)51(58(94)83-45(22-12-26-74-61(67)68)54(90)84-47(59(95)96)24-14-28-76-63(71)72)86-55(91)46(23-13-27-75-62(69)70)82-56(92)48(30-37-32-77-42-19-9-7-17-39(37)42)80-50(87)34-79-53(89)44(21-11-25-73-60(65)66)81-57(93)49(31-38-33-78-43-20-10-8-18-40(38)43)85-52(88)41(64)29-36-15-5-4-6-16-36/h4-10,15-20,32-33,35,41,44-49,51,77-78H,3,11-14,21-31,34,64H2,1-2H3,(H,79,89)(H,80,87)(H,81,93)(H,82,92)(H,83,94)(H,84,90)(H,85,88)(H,86,91)(H,95,96)(H4,65,66,73)(H4,67,68,74)(H4,69,70,75)(H4,71,72,76)/t35-,41-,44-,45-,46-,47-,48-,49-,51-/m0/s1. The number of aliphatic carboxylic acids is 1. The van der Waals surface area contributed by atoms with Gasteiger partial charge in [0.15, 0.2) is 23.8 Å². The largest absolute Gasteiger partial charge is 0.480 e.